The van der Waals surface area contributed by atoms with E-state index in [2.05, 4.69) is 16.0 Å². The third-order valence-corrected chi connectivity index (χ3v) is 5.83. The van der Waals surface area contributed by atoms with Gasteiger partial charge < -0.3 is 38.3 Å². The molecular weight excluding hydrogens is 476 g/mol. The molecule has 4 unspecified atom stereocenters. The largest absolute Gasteiger partial charge is 0.480 e. The first-order valence-corrected chi connectivity index (χ1v) is 13.2. The lowest BCUT2D eigenvalue weighted by molar-refractivity contribution is -0.142. The quantitative estimate of drug-likeness (QED) is 0.105. The zero-order valence-corrected chi connectivity index (χ0v) is 21.7. The summed E-state index contributed by atoms with van der Waals surface area (Å²) in [5.41, 5.74) is 16.6. The van der Waals surface area contributed by atoms with Crippen LogP contribution in [0.25, 0.3) is 0 Å². The molecular formula is C22H42N6O6S. The summed E-state index contributed by atoms with van der Waals surface area (Å²) in [6.45, 7) is 4.23. The Hall–Kier alpha value is -2.38. The average Bonchev–Trinajstić information content (AvgIpc) is 2.77. The Morgan fingerprint density at radius 1 is 0.857 bits per heavy atom. The van der Waals surface area contributed by atoms with Crippen LogP contribution >= 0.6 is 11.8 Å². The van der Waals surface area contributed by atoms with Gasteiger partial charge in [0.2, 0.25) is 23.6 Å². The molecule has 35 heavy (non-hydrogen) atoms. The molecule has 13 heteroatoms. The summed E-state index contributed by atoms with van der Waals surface area (Å²) >= 11 is 1.43. The molecule has 0 aromatic rings. The molecule has 0 bridgehead atoms. The minimum Gasteiger partial charge on any atom is -0.480 e. The van der Waals surface area contributed by atoms with Gasteiger partial charge in [-0.25, -0.2) is 4.79 Å². The van der Waals surface area contributed by atoms with Crippen LogP contribution in [-0.2, 0) is 24.0 Å². The fourth-order valence-corrected chi connectivity index (χ4v) is 3.69. The molecule has 10 N–H and O–H groups in total. The van der Waals surface area contributed by atoms with E-state index in [1.165, 1.54) is 11.8 Å². The number of hydrogen-bond acceptors (Lipinski definition) is 8. The van der Waals surface area contributed by atoms with Crippen molar-refractivity contribution in [3.8, 4) is 0 Å². The highest BCUT2D eigenvalue weighted by atomic mass is 32.2. The maximum absolute atomic E-state index is 13.0. The molecule has 0 fully saturated rings. The Morgan fingerprint density at radius 2 is 1.43 bits per heavy atom. The van der Waals surface area contributed by atoms with E-state index in [1.54, 1.807) is 0 Å². The first-order chi connectivity index (χ1) is 16.4. The highest BCUT2D eigenvalue weighted by Gasteiger charge is 2.30. The van der Waals surface area contributed by atoms with Crippen molar-refractivity contribution in [3.63, 3.8) is 0 Å². The van der Waals surface area contributed by atoms with Gasteiger partial charge in [-0.2, -0.15) is 11.8 Å². The van der Waals surface area contributed by atoms with E-state index in [0.29, 0.717) is 25.1 Å². The Kier molecular flexibility index (Phi) is 16.7. The zero-order chi connectivity index (χ0) is 27.0. The van der Waals surface area contributed by atoms with Crippen LogP contribution in [-0.4, -0.2) is 77.4 Å². The van der Waals surface area contributed by atoms with Crippen LogP contribution in [0.15, 0.2) is 0 Å². The molecule has 202 valence electrons. The van der Waals surface area contributed by atoms with Crippen molar-refractivity contribution in [1.82, 2.24) is 16.0 Å². The van der Waals surface area contributed by atoms with Crippen molar-refractivity contribution in [1.29, 1.82) is 0 Å². The Bertz CT molecular complexity index is 708. The topological polar surface area (TPSA) is 220 Å². The van der Waals surface area contributed by atoms with Crippen LogP contribution in [0, 0.1) is 5.92 Å². The summed E-state index contributed by atoms with van der Waals surface area (Å²) in [5.74, 6) is -3.23. The van der Waals surface area contributed by atoms with E-state index in [1.807, 2.05) is 20.1 Å². The molecule has 0 spiro atoms. The van der Waals surface area contributed by atoms with Crippen molar-refractivity contribution >= 4 is 41.4 Å². The normalized spacial score (nSPS) is 14.5. The average molecular weight is 519 g/mol. The molecule has 0 aromatic heterocycles. The number of rotatable bonds is 19. The lowest BCUT2D eigenvalue weighted by Gasteiger charge is -2.26. The molecule has 0 aliphatic carbocycles. The van der Waals surface area contributed by atoms with Crippen LogP contribution in [0.3, 0.4) is 0 Å². The second kappa shape index (κ2) is 18.0. The molecule has 0 saturated heterocycles. The van der Waals surface area contributed by atoms with E-state index in [4.69, 9.17) is 17.2 Å². The summed E-state index contributed by atoms with van der Waals surface area (Å²) in [5, 5.41) is 17.0. The molecule has 0 aliphatic heterocycles. The number of hydrogen-bond donors (Lipinski definition) is 7. The zero-order valence-electron chi connectivity index (χ0n) is 20.9. The fraction of sp³-hybridized carbons (Fsp3) is 0.773. The van der Waals surface area contributed by atoms with Gasteiger partial charge in [0, 0.05) is 6.42 Å². The smallest absolute Gasteiger partial charge is 0.326 e. The van der Waals surface area contributed by atoms with Gasteiger partial charge >= 0.3 is 5.97 Å². The number of thioether (sulfide) groups is 1. The number of carbonyl (C=O) groups is 5. The summed E-state index contributed by atoms with van der Waals surface area (Å²) in [6.07, 6.45) is 3.76. The second-order valence-corrected chi connectivity index (χ2v) is 9.81. The van der Waals surface area contributed by atoms with Gasteiger partial charge in [-0.1, -0.05) is 20.3 Å². The van der Waals surface area contributed by atoms with E-state index >= 15 is 0 Å². The molecule has 0 rings (SSSR count). The van der Waals surface area contributed by atoms with Gasteiger partial charge in [-0.05, 0) is 56.6 Å². The van der Waals surface area contributed by atoms with E-state index in [0.717, 1.165) is 6.42 Å². The minimum atomic E-state index is -1.21. The summed E-state index contributed by atoms with van der Waals surface area (Å²) in [4.78, 5) is 61.2. The molecule has 4 atom stereocenters. The van der Waals surface area contributed by atoms with Gasteiger partial charge in [0.05, 0.1) is 6.04 Å². The predicted molar refractivity (Wildman–Crippen MR) is 135 cm³/mol. The van der Waals surface area contributed by atoms with Crippen molar-refractivity contribution < 1.29 is 29.1 Å². The SMILES string of the molecule is CSCCC(NC(=O)C(CCC(N)=O)NC(=O)C(CC(C)C)NC(=O)C(N)CCCCN)C(=O)O. The number of nitrogens with two attached hydrogens (primary N) is 3. The van der Waals surface area contributed by atoms with Crippen LogP contribution in [0.4, 0.5) is 0 Å². The standard InChI is InChI=1S/C22H42N6O6S/c1-13(2)12-17(28-19(30)14(24)6-4-5-10-23)21(32)26-15(7-8-18(25)29)20(31)27-16(22(33)34)9-11-35-3/h13-17H,4-12,23-24H2,1-3H3,(H2,25,29)(H,26,32)(H,27,31)(H,28,30)(H,33,34). The number of unbranched alkanes of at least 4 members (excludes halogenated alkanes) is 1. The van der Waals surface area contributed by atoms with E-state index < -0.39 is 53.8 Å². The predicted octanol–water partition coefficient (Wildman–Crippen LogP) is -0.954. The van der Waals surface area contributed by atoms with Crippen LogP contribution < -0.4 is 33.2 Å². The number of carboxylic acids is 1. The monoisotopic (exact) mass is 518 g/mol. The van der Waals surface area contributed by atoms with Crippen molar-refractivity contribution in [2.45, 2.75) is 83.0 Å². The molecule has 0 aromatic carbocycles. The highest BCUT2D eigenvalue weighted by molar-refractivity contribution is 7.98. The highest BCUT2D eigenvalue weighted by Crippen LogP contribution is 2.09. The third-order valence-electron chi connectivity index (χ3n) is 5.18. The number of primary amides is 1. The second-order valence-electron chi connectivity index (χ2n) is 8.83. The number of carbonyl (C=O) groups excluding carboxylic acids is 4. The van der Waals surface area contributed by atoms with Crippen LogP contribution in [0.1, 0.15) is 58.8 Å². The Labute approximate surface area is 211 Å². The molecule has 12 nitrogen and oxygen atoms in total. The maximum Gasteiger partial charge on any atom is 0.326 e. The van der Waals surface area contributed by atoms with Gasteiger partial charge in [-0.15, -0.1) is 0 Å². The molecule has 0 radical (unpaired) electrons. The van der Waals surface area contributed by atoms with Gasteiger partial charge in [0.15, 0.2) is 0 Å². The van der Waals surface area contributed by atoms with Crippen molar-refractivity contribution in [2.75, 3.05) is 18.6 Å². The van der Waals surface area contributed by atoms with Crippen molar-refractivity contribution in [3.05, 3.63) is 0 Å². The van der Waals surface area contributed by atoms with Crippen LogP contribution in [0.5, 0.6) is 0 Å². The third kappa shape index (κ3) is 14.6. The Morgan fingerprint density at radius 3 is 1.94 bits per heavy atom. The number of amides is 4. The number of carboxylic acid groups (broad SMARTS) is 1. The van der Waals surface area contributed by atoms with Gasteiger partial charge in [0.25, 0.3) is 0 Å². The Balaban J connectivity index is 5.46. The first kappa shape index (κ1) is 32.6. The van der Waals surface area contributed by atoms with E-state index in [-0.39, 0.29) is 31.6 Å². The van der Waals surface area contributed by atoms with E-state index in [9.17, 15) is 29.1 Å². The molecule has 0 saturated carbocycles. The van der Waals surface area contributed by atoms with Crippen LogP contribution in [0.2, 0.25) is 0 Å². The lowest BCUT2D eigenvalue weighted by atomic mass is 10.0. The number of nitrogens with one attached hydrogen (secondary N) is 3. The first-order valence-electron chi connectivity index (χ1n) is 11.8. The summed E-state index contributed by atoms with van der Waals surface area (Å²) in [6, 6.07) is -4.15. The summed E-state index contributed by atoms with van der Waals surface area (Å²) in [7, 11) is 0. The van der Waals surface area contributed by atoms with Crippen molar-refractivity contribution in [2.24, 2.45) is 23.1 Å². The summed E-state index contributed by atoms with van der Waals surface area (Å²) < 4.78 is 0. The van der Waals surface area contributed by atoms with Gasteiger partial charge in [-0.3, -0.25) is 19.2 Å². The van der Waals surface area contributed by atoms with Gasteiger partial charge in [0.1, 0.15) is 18.1 Å². The number of aliphatic carboxylic acids is 1. The lowest BCUT2D eigenvalue weighted by Crippen LogP contribution is -2.57. The fourth-order valence-electron chi connectivity index (χ4n) is 3.21. The minimum absolute atomic E-state index is 0.0281. The molecule has 0 aliphatic rings. The molecule has 0 heterocycles. The maximum atomic E-state index is 13.0. The molecule has 4 amide bonds.